The van der Waals surface area contributed by atoms with Crippen molar-refractivity contribution >= 4 is 11.3 Å². The summed E-state index contributed by atoms with van der Waals surface area (Å²) in [6.45, 7) is 7.24. The third-order valence-electron chi connectivity index (χ3n) is 3.51. The SMILES string of the molecule is COCCCNCc1csc(COc2cccc(C)c2C)n1. The molecule has 0 fully saturated rings. The number of aryl methyl sites for hydroxylation is 1. The number of hydrogen-bond acceptors (Lipinski definition) is 5. The first kappa shape index (κ1) is 16.9. The first-order chi connectivity index (χ1) is 10.7. The fourth-order valence-electron chi connectivity index (χ4n) is 2.07. The van der Waals surface area contributed by atoms with Crippen LogP contribution in [-0.2, 0) is 17.9 Å². The fraction of sp³-hybridized carbons (Fsp3) is 0.471. The van der Waals surface area contributed by atoms with Crippen LogP contribution in [0.25, 0.3) is 0 Å². The van der Waals surface area contributed by atoms with Crippen LogP contribution in [0.3, 0.4) is 0 Å². The van der Waals surface area contributed by atoms with Gasteiger partial charge >= 0.3 is 0 Å². The quantitative estimate of drug-likeness (QED) is 0.719. The number of rotatable bonds is 9. The minimum Gasteiger partial charge on any atom is -0.486 e. The molecule has 0 radical (unpaired) electrons. The summed E-state index contributed by atoms with van der Waals surface area (Å²) in [5.41, 5.74) is 3.51. The standard InChI is InChI=1S/C17H24N2O2S/c1-13-6-4-7-16(14(13)2)21-11-17-19-15(12-22-17)10-18-8-5-9-20-3/h4,6-7,12,18H,5,8-11H2,1-3H3. The van der Waals surface area contributed by atoms with E-state index in [1.54, 1.807) is 18.4 Å². The molecule has 22 heavy (non-hydrogen) atoms. The number of benzene rings is 1. The second-order valence-electron chi connectivity index (χ2n) is 5.24. The van der Waals surface area contributed by atoms with Crippen molar-refractivity contribution in [2.45, 2.75) is 33.4 Å². The van der Waals surface area contributed by atoms with E-state index in [-0.39, 0.29) is 0 Å². The molecule has 0 aliphatic carbocycles. The Hall–Kier alpha value is -1.43. The molecular weight excluding hydrogens is 296 g/mol. The van der Waals surface area contributed by atoms with E-state index in [9.17, 15) is 0 Å². The van der Waals surface area contributed by atoms with Crippen molar-refractivity contribution in [3.05, 3.63) is 45.4 Å². The van der Waals surface area contributed by atoms with E-state index in [1.165, 1.54) is 11.1 Å². The average molecular weight is 320 g/mol. The lowest BCUT2D eigenvalue weighted by Crippen LogP contribution is -2.16. The van der Waals surface area contributed by atoms with Crippen molar-refractivity contribution in [1.82, 2.24) is 10.3 Å². The summed E-state index contributed by atoms with van der Waals surface area (Å²) in [4.78, 5) is 4.59. The van der Waals surface area contributed by atoms with Crippen LogP contribution in [0.5, 0.6) is 5.75 Å². The number of hydrogen-bond donors (Lipinski definition) is 1. The van der Waals surface area contributed by atoms with Gasteiger partial charge in [-0.1, -0.05) is 12.1 Å². The van der Waals surface area contributed by atoms with Gasteiger partial charge in [-0.25, -0.2) is 4.98 Å². The van der Waals surface area contributed by atoms with Gasteiger partial charge in [0, 0.05) is 25.6 Å². The van der Waals surface area contributed by atoms with Crippen molar-refractivity contribution in [3.8, 4) is 5.75 Å². The largest absolute Gasteiger partial charge is 0.486 e. The van der Waals surface area contributed by atoms with Gasteiger partial charge in [0.25, 0.3) is 0 Å². The lowest BCUT2D eigenvalue weighted by atomic mass is 10.1. The minimum atomic E-state index is 0.526. The molecule has 2 aromatic rings. The van der Waals surface area contributed by atoms with E-state index in [4.69, 9.17) is 9.47 Å². The molecule has 0 spiro atoms. The van der Waals surface area contributed by atoms with Crippen LogP contribution in [0.4, 0.5) is 0 Å². The molecule has 1 aromatic carbocycles. The molecule has 1 aromatic heterocycles. The summed E-state index contributed by atoms with van der Waals surface area (Å²) in [5, 5.41) is 6.46. The second-order valence-corrected chi connectivity index (χ2v) is 6.19. The van der Waals surface area contributed by atoms with Crippen molar-refractivity contribution in [1.29, 1.82) is 0 Å². The van der Waals surface area contributed by atoms with Crippen LogP contribution in [0.2, 0.25) is 0 Å². The van der Waals surface area contributed by atoms with Crippen molar-refractivity contribution in [3.63, 3.8) is 0 Å². The van der Waals surface area contributed by atoms with Crippen LogP contribution >= 0.6 is 11.3 Å². The van der Waals surface area contributed by atoms with Gasteiger partial charge in [0.2, 0.25) is 0 Å². The highest BCUT2D eigenvalue weighted by Gasteiger charge is 2.05. The Balaban J connectivity index is 1.78. The molecule has 0 unspecified atom stereocenters. The molecule has 0 atom stereocenters. The molecule has 5 heteroatoms. The van der Waals surface area contributed by atoms with Gasteiger partial charge in [-0.15, -0.1) is 11.3 Å². The van der Waals surface area contributed by atoms with E-state index in [1.807, 2.05) is 12.1 Å². The Morgan fingerprint density at radius 2 is 2.14 bits per heavy atom. The molecular formula is C17H24N2O2S. The number of thiazole rings is 1. The van der Waals surface area contributed by atoms with Gasteiger partial charge < -0.3 is 14.8 Å². The summed E-state index contributed by atoms with van der Waals surface area (Å²) in [6.07, 6.45) is 1.02. The van der Waals surface area contributed by atoms with E-state index in [0.717, 1.165) is 42.6 Å². The lowest BCUT2D eigenvalue weighted by Gasteiger charge is -2.09. The van der Waals surface area contributed by atoms with E-state index in [0.29, 0.717) is 6.61 Å². The van der Waals surface area contributed by atoms with Crippen molar-refractivity contribution < 1.29 is 9.47 Å². The Morgan fingerprint density at radius 1 is 1.27 bits per heavy atom. The van der Waals surface area contributed by atoms with Gasteiger partial charge in [0.15, 0.2) is 0 Å². The zero-order valence-corrected chi connectivity index (χ0v) is 14.3. The highest BCUT2D eigenvalue weighted by molar-refractivity contribution is 7.09. The zero-order valence-electron chi connectivity index (χ0n) is 13.5. The first-order valence-electron chi connectivity index (χ1n) is 7.52. The molecule has 120 valence electrons. The van der Waals surface area contributed by atoms with E-state index < -0.39 is 0 Å². The normalized spacial score (nSPS) is 10.9. The number of methoxy groups -OCH3 is 1. The smallest absolute Gasteiger partial charge is 0.140 e. The predicted molar refractivity (Wildman–Crippen MR) is 90.6 cm³/mol. The predicted octanol–water partition coefficient (Wildman–Crippen LogP) is 3.47. The van der Waals surface area contributed by atoms with Crippen molar-refractivity contribution in [2.24, 2.45) is 0 Å². The van der Waals surface area contributed by atoms with Gasteiger partial charge in [-0.05, 0) is 44.0 Å². The van der Waals surface area contributed by atoms with Crippen molar-refractivity contribution in [2.75, 3.05) is 20.3 Å². The average Bonchev–Trinajstić information content (AvgIpc) is 2.96. The van der Waals surface area contributed by atoms with Gasteiger partial charge in [-0.3, -0.25) is 0 Å². The zero-order chi connectivity index (χ0) is 15.8. The third kappa shape index (κ3) is 5.09. The van der Waals surface area contributed by atoms with Crippen LogP contribution in [-0.4, -0.2) is 25.2 Å². The molecule has 1 heterocycles. The molecule has 1 N–H and O–H groups in total. The summed E-state index contributed by atoms with van der Waals surface area (Å²) < 4.78 is 10.9. The second kappa shape index (κ2) is 8.88. The Morgan fingerprint density at radius 3 is 2.95 bits per heavy atom. The highest BCUT2D eigenvalue weighted by Crippen LogP contribution is 2.22. The molecule has 0 aliphatic rings. The maximum Gasteiger partial charge on any atom is 0.140 e. The first-order valence-corrected chi connectivity index (χ1v) is 8.40. The van der Waals surface area contributed by atoms with E-state index >= 15 is 0 Å². The van der Waals surface area contributed by atoms with Crippen LogP contribution in [0, 0.1) is 13.8 Å². The maximum absolute atomic E-state index is 5.89. The number of nitrogens with zero attached hydrogens (tertiary/aromatic N) is 1. The lowest BCUT2D eigenvalue weighted by molar-refractivity contribution is 0.194. The van der Waals surface area contributed by atoms with Crippen LogP contribution in [0.1, 0.15) is 28.2 Å². The van der Waals surface area contributed by atoms with Gasteiger partial charge in [0.1, 0.15) is 17.4 Å². The molecule has 0 bridgehead atoms. The summed E-state index contributed by atoms with van der Waals surface area (Å²) in [6, 6.07) is 6.13. The summed E-state index contributed by atoms with van der Waals surface area (Å²) in [5.74, 6) is 0.939. The highest BCUT2D eigenvalue weighted by atomic mass is 32.1. The number of nitrogens with one attached hydrogen (secondary N) is 1. The third-order valence-corrected chi connectivity index (χ3v) is 4.38. The Labute approximate surface area is 136 Å². The Kier molecular flexibility index (Phi) is 6.83. The molecule has 0 saturated heterocycles. The number of ether oxygens (including phenoxy) is 2. The molecule has 0 amide bonds. The fourth-order valence-corrected chi connectivity index (χ4v) is 2.78. The summed E-state index contributed by atoms with van der Waals surface area (Å²) >= 11 is 1.65. The molecule has 4 nitrogen and oxygen atoms in total. The molecule has 0 saturated carbocycles. The number of aromatic nitrogens is 1. The van der Waals surface area contributed by atoms with Gasteiger partial charge in [-0.2, -0.15) is 0 Å². The monoisotopic (exact) mass is 320 g/mol. The van der Waals surface area contributed by atoms with Gasteiger partial charge in [0.05, 0.1) is 5.69 Å². The Bertz CT molecular complexity index is 584. The minimum absolute atomic E-state index is 0.526. The maximum atomic E-state index is 5.89. The van der Waals surface area contributed by atoms with Crippen LogP contribution < -0.4 is 10.1 Å². The molecule has 0 aliphatic heterocycles. The summed E-state index contributed by atoms with van der Waals surface area (Å²) in [7, 11) is 1.72. The van der Waals surface area contributed by atoms with Crippen LogP contribution in [0.15, 0.2) is 23.6 Å². The topological polar surface area (TPSA) is 43.4 Å². The molecule has 2 rings (SSSR count). The van der Waals surface area contributed by atoms with E-state index in [2.05, 4.69) is 35.6 Å².